The van der Waals surface area contributed by atoms with Crippen LogP contribution in [-0.4, -0.2) is 28.8 Å². The van der Waals surface area contributed by atoms with Crippen LogP contribution in [0.5, 0.6) is 5.75 Å². The van der Waals surface area contributed by atoms with Crippen molar-refractivity contribution in [3.8, 4) is 5.75 Å². The number of rotatable bonds is 17. The zero-order valence-corrected chi connectivity index (χ0v) is 30.8. The van der Waals surface area contributed by atoms with Gasteiger partial charge >= 0.3 is 0 Å². The fourth-order valence-corrected chi connectivity index (χ4v) is 6.52. The largest absolute Gasteiger partial charge is 0.508 e. The third kappa shape index (κ3) is 11.3. The first-order valence-electron chi connectivity index (χ1n) is 16.7. The van der Waals surface area contributed by atoms with Gasteiger partial charge in [-0.3, -0.25) is 9.59 Å². The third-order valence-electron chi connectivity index (χ3n) is 8.09. The van der Waals surface area contributed by atoms with Gasteiger partial charge in [0.05, 0.1) is 26.4 Å². The highest BCUT2D eigenvalue weighted by atomic mass is 35.5. The van der Waals surface area contributed by atoms with Gasteiger partial charge < -0.3 is 15.7 Å². The first-order chi connectivity index (χ1) is 23.6. The van der Waals surface area contributed by atoms with Crippen LogP contribution in [0.25, 0.3) is 0 Å². The quantitative estimate of drug-likeness (QED) is 0.0940. The molecule has 1 unspecified atom stereocenters. The monoisotopic (exact) mass is 746 g/mol. The number of anilines is 3. The Kier molecular flexibility index (Phi) is 15.0. The molecule has 13 heteroatoms. The van der Waals surface area contributed by atoms with Crippen LogP contribution in [-0.2, 0) is 9.59 Å². The van der Waals surface area contributed by atoms with Crippen LogP contribution in [0.15, 0.2) is 63.9 Å². The first kappa shape index (κ1) is 38.4. The summed E-state index contributed by atoms with van der Waals surface area (Å²) in [4.78, 5) is 26.5. The molecule has 0 fully saturated rings. The van der Waals surface area contributed by atoms with Gasteiger partial charge in [0.25, 0.3) is 5.91 Å². The van der Waals surface area contributed by atoms with E-state index in [1.54, 1.807) is 37.3 Å². The summed E-state index contributed by atoms with van der Waals surface area (Å²) < 4.78 is 0. The number of halogens is 4. The lowest BCUT2D eigenvalue weighted by Gasteiger charge is -2.15. The lowest BCUT2D eigenvalue weighted by molar-refractivity contribution is -0.118. The summed E-state index contributed by atoms with van der Waals surface area (Å²) >= 11 is 25.5. The van der Waals surface area contributed by atoms with E-state index in [1.165, 1.54) is 69.6 Å². The number of nitrogens with one attached hydrogen (secondary N) is 2. The fourth-order valence-electron chi connectivity index (χ4n) is 5.38. The lowest BCUT2D eigenvalue weighted by atomic mass is 10.1. The summed E-state index contributed by atoms with van der Waals surface area (Å²) in [6.45, 7) is 3.96. The number of aryl methyl sites for hydroxylation is 1. The second-order valence-corrected chi connectivity index (χ2v) is 13.8. The van der Waals surface area contributed by atoms with Gasteiger partial charge in [-0.05, 0) is 67.4 Å². The average molecular weight is 749 g/mol. The number of phenols is 1. The normalized spacial score (nSPS) is 14.5. The van der Waals surface area contributed by atoms with Crippen LogP contribution in [0.2, 0.25) is 20.1 Å². The van der Waals surface area contributed by atoms with E-state index in [-0.39, 0.29) is 33.2 Å². The molecule has 262 valence electrons. The van der Waals surface area contributed by atoms with Crippen LogP contribution in [0.4, 0.5) is 22.7 Å². The minimum Gasteiger partial charge on any atom is -0.508 e. The molecule has 0 aromatic heterocycles. The molecule has 0 saturated carbocycles. The maximum atomic E-state index is 13.7. The molecular weight excluding hydrogens is 706 g/mol. The number of azo groups is 1. The maximum Gasteiger partial charge on any atom is 0.282 e. The molecule has 0 spiro atoms. The predicted octanol–water partition coefficient (Wildman–Crippen LogP) is 11.9. The Morgan fingerprint density at radius 1 is 0.857 bits per heavy atom. The van der Waals surface area contributed by atoms with Crippen molar-refractivity contribution in [2.45, 2.75) is 96.9 Å². The molecule has 0 saturated heterocycles. The molecule has 1 heterocycles. The molecule has 1 atom stereocenters. The predicted molar refractivity (Wildman–Crippen MR) is 202 cm³/mol. The van der Waals surface area contributed by atoms with Crippen LogP contribution < -0.4 is 15.6 Å². The third-order valence-corrected chi connectivity index (χ3v) is 9.22. The number of benzene rings is 3. The Labute approximate surface area is 308 Å². The van der Waals surface area contributed by atoms with Crippen molar-refractivity contribution in [3.05, 3.63) is 74.2 Å². The van der Waals surface area contributed by atoms with Gasteiger partial charge in [-0.25, -0.2) is 0 Å². The molecule has 9 nitrogen and oxygen atoms in total. The molecule has 1 aliphatic rings. The van der Waals surface area contributed by atoms with E-state index in [0.717, 1.165) is 24.3 Å². The zero-order chi connectivity index (χ0) is 35.3. The second-order valence-electron chi connectivity index (χ2n) is 12.1. The van der Waals surface area contributed by atoms with Gasteiger partial charge in [-0.2, -0.15) is 15.2 Å². The standard InChI is InChI=1S/C36H42Cl4N6O3/c1-3-4-5-6-7-8-9-10-11-12-13-14-32(48)41-25-15-17-27(38)30(22-25)42-35-33(44-43-26-16-18-31(47)23(2)19-26)36(49)46(45-35)34-28(39)20-24(37)21-29(34)40/h15-22,33,47H,3-14H2,1-2H3,(H,41,48)(H,42,45)/b44-43+. The zero-order valence-electron chi connectivity index (χ0n) is 27.7. The van der Waals surface area contributed by atoms with Crippen molar-refractivity contribution in [2.24, 2.45) is 15.3 Å². The maximum absolute atomic E-state index is 13.7. The Bertz CT molecular complexity index is 1660. The van der Waals surface area contributed by atoms with Crippen molar-refractivity contribution in [2.75, 3.05) is 15.6 Å². The highest BCUT2D eigenvalue weighted by molar-refractivity contribution is 6.43. The van der Waals surface area contributed by atoms with E-state index in [2.05, 4.69) is 32.9 Å². The van der Waals surface area contributed by atoms with Crippen molar-refractivity contribution in [3.63, 3.8) is 0 Å². The highest BCUT2D eigenvalue weighted by Crippen LogP contribution is 2.39. The second kappa shape index (κ2) is 19.1. The van der Waals surface area contributed by atoms with E-state index in [1.807, 2.05) is 0 Å². The minimum atomic E-state index is -1.23. The van der Waals surface area contributed by atoms with E-state index in [0.29, 0.717) is 39.1 Å². The molecule has 49 heavy (non-hydrogen) atoms. The number of amidine groups is 1. The van der Waals surface area contributed by atoms with Crippen LogP contribution >= 0.6 is 46.4 Å². The number of carbonyl (C=O) groups is 2. The summed E-state index contributed by atoms with van der Waals surface area (Å²) in [5.74, 6) is -0.469. The van der Waals surface area contributed by atoms with Gasteiger partial charge in [0.15, 0.2) is 5.84 Å². The number of hydrazone groups is 1. The number of aromatic hydroxyl groups is 1. The molecule has 1 aliphatic heterocycles. The summed E-state index contributed by atoms with van der Waals surface area (Å²) in [6.07, 6.45) is 13.7. The van der Waals surface area contributed by atoms with E-state index < -0.39 is 11.9 Å². The molecule has 0 radical (unpaired) electrons. The number of hydrogen-bond donors (Lipinski definition) is 3. The van der Waals surface area contributed by atoms with Gasteiger partial charge in [-0.1, -0.05) is 118 Å². The molecule has 2 amide bonds. The number of phenolic OH excluding ortho intramolecular Hbond substituents is 1. The Balaban J connectivity index is 1.42. The smallest absolute Gasteiger partial charge is 0.282 e. The number of unbranched alkanes of at least 4 members (excludes halogenated alkanes) is 10. The average Bonchev–Trinajstić information content (AvgIpc) is 3.35. The number of amides is 2. The minimum absolute atomic E-state index is 0.0911. The fraction of sp³-hybridized carbons (Fsp3) is 0.417. The SMILES string of the molecule is CCCCCCCCCCCCCC(=O)Nc1ccc(Cl)c(NC2=NN(c3c(Cl)cc(Cl)cc3Cl)C(=O)C2/N=N/c2ccc(O)c(C)c2)c1. The van der Waals surface area contributed by atoms with Crippen molar-refractivity contribution >= 4 is 86.8 Å². The number of nitrogens with zero attached hydrogens (tertiary/aromatic N) is 4. The highest BCUT2D eigenvalue weighted by Gasteiger charge is 2.39. The van der Waals surface area contributed by atoms with E-state index in [9.17, 15) is 14.7 Å². The van der Waals surface area contributed by atoms with Crippen molar-refractivity contribution in [1.82, 2.24) is 0 Å². The molecule has 4 rings (SSSR count). The van der Waals surface area contributed by atoms with Gasteiger partial charge in [-0.15, -0.1) is 5.10 Å². The first-order valence-corrected chi connectivity index (χ1v) is 18.2. The summed E-state index contributed by atoms with van der Waals surface area (Å²) in [5.41, 5.74) is 2.06. The van der Waals surface area contributed by atoms with Crippen LogP contribution in [0.1, 0.15) is 89.5 Å². The van der Waals surface area contributed by atoms with Crippen LogP contribution in [0, 0.1) is 6.92 Å². The van der Waals surface area contributed by atoms with Gasteiger partial charge in [0.1, 0.15) is 11.4 Å². The van der Waals surface area contributed by atoms with Gasteiger partial charge in [0.2, 0.25) is 11.9 Å². The molecule has 3 aromatic rings. The summed E-state index contributed by atoms with van der Waals surface area (Å²) in [6, 6.07) is 11.4. The van der Waals surface area contributed by atoms with Crippen molar-refractivity contribution in [1.29, 1.82) is 0 Å². The molecule has 0 bridgehead atoms. The van der Waals surface area contributed by atoms with Gasteiger partial charge in [0, 0.05) is 17.1 Å². The molecule has 3 N–H and O–H groups in total. The number of hydrogen-bond acceptors (Lipinski definition) is 7. The molecular formula is C36H42Cl4N6O3. The topological polar surface area (TPSA) is 119 Å². The summed E-state index contributed by atoms with van der Waals surface area (Å²) in [7, 11) is 0. The number of carbonyl (C=O) groups excluding carboxylic acids is 2. The Morgan fingerprint density at radius 3 is 2.12 bits per heavy atom. The Morgan fingerprint density at radius 2 is 1.49 bits per heavy atom. The van der Waals surface area contributed by atoms with Crippen molar-refractivity contribution < 1.29 is 14.7 Å². The molecule has 3 aromatic carbocycles. The Hall–Kier alpha value is -3.37. The lowest BCUT2D eigenvalue weighted by Crippen LogP contribution is -2.33. The van der Waals surface area contributed by atoms with E-state index in [4.69, 9.17) is 46.4 Å². The summed E-state index contributed by atoms with van der Waals surface area (Å²) in [5, 5.41) is 30.8. The van der Waals surface area contributed by atoms with Crippen LogP contribution in [0.3, 0.4) is 0 Å². The van der Waals surface area contributed by atoms with E-state index >= 15 is 0 Å². The molecule has 0 aliphatic carbocycles.